The fourth-order valence-corrected chi connectivity index (χ4v) is 1.89. The first-order valence-electron chi connectivity index (χ1n) is 4.62. The van der Waals surface area contributed by atoms with Gasteiger partial charge in [-0.15, -0.1) is 0 Å². The minimum absolute atomic E-state index is 0.985. The van der Waals surface area contributed by atoms with Gasteiger partial charge in [0.15, 0.2) is 0 Å². The first-order chi connectivity index (χ1) is 6.31. The van der Waals surface area contributed by atoms with Crippen LogP contribution >= 0.6 is 0 Å². The lowest BCUT2D eigenvalue weighted by atomic mass is 9.88. The highest BCUT2D eigenvalue weighted by Crippen LogP contribution is 2.30. The summed E-state index contributed by atoms with van der Waals surface area (Å²) in [6.45, 7) is 4.03. The van der Waals surface area contributed by atoms with Crippen LogP contribution in [0.1, 0.15) is 17.5 Å². The fourth-order valence-electron chi connectivity index (χ4n) is 1.89. The van der Waals surface area contributed by atoms with E-state index in [2.05, 4.69) is 18.7 Å². The second-order valence-electron chi connectivity index (χ2n) is 3.52. The summed E-state index contributed by atoms with van der Waals surface area (Å²) >= 11 is 0. The van der Waals surface area contributed by atoms with Crippen molar-refractivity contribution in [2.45, 2.75) is 19.3 Å². The lowest BCUT2D eigenvalue weighted by Gasteiger charge is -2.19. The van der Waals surface area contributed by atoms with Crippen LogP contribution in [0.25, 0.3) is 0 Å². The largest absolute Gasteiger partial charge is 0.496 e. The van der Waals surface area contributed by atoms with E-state index in [1.165, 1.54) is 16.7 Å². The average Bonchev–Trinajstić information content (AvgIpc) is 2.17. The maximum atomic E-state index is 5.32. The van der Waals surface area contributed by atoms with Crippen LogP contribution in [0.5, 0.6) is 5.75 Å². The van der Waals surface area contributed by atoms with Crippen LogP contribution in [0, 0.1) is 0 Å². The number of methoxy groups -OCH3 is 1. The van der Waals surface area contributed by atoms with Crippen LogP contribution in [-0.4, -0.2) is 7.11 Å². The molecule has 0 heterocycles. The maximum absolute atomic E-state index is 5.32. The van der Waals surface area contributed by atoms with Gasteiger partial charge >= 0.3 is 0 Å². The van der Waals surface area contributed by atoms with E-state index in [0.717, 1.165) is 25.0 Å². The molecular formula is C12H14O. The zero-order valence-electron chi connectivity index (χ0n) is 7.97. The molecule has 0 unspecified atom stereocenters. The highest BCUT2D eigenvalue weighted by atomic mass is 16.5. The standard InChI is InChI=1S/C12H14O/c1-9-6-7-10-4-3-5-12(13-2)11(10)8-9/h3-5H,1,6-8H2,2H3. The van der Waals surface area contributed by atoms with Crippen LogP contribution in [0.3, 0.4) is 0 Å². The number of benzene rings is 1. The van der Waals surface area contributed by atoms with Gasteiger partial charge in [0.2, 0.25) is 0 Å². The van der Waals surface area contributed by atoms with E-state index in [1.54, 1.807) is 7.11 Å². The van der Waals surface area contributed by atoms with Crippen molar-refractivity contribution in [3.8, 4) is 5.75 Å². The first kappa shape index (κ1) is 8.36. The normalized spacial score (nSPS) is 15.3. The lowest BCUT2D eigenvalue weighted by molar-refractivity contribution is 0.408. The number of hydrogen-bond donors (Lipinski definition) is 0. The van der Waals surface area contributed by atoms with Crippen molar-refractivity contribution in [2.75, 3.05) is 7.11 Å². The number of hydrogen-bond acceptors (Lipinski definition) is 1. The summed E-state index contributed by atoms with van der Waals surface area (Å²) in [5.74, 6) is 1.01. The van der Waals surface area contributed by atoms with Crippen LogP contribution in [0.2, 0.25) is 0 Å². The van der Waals surface area contributed by atoms with Gasteiger partial charge in [-0.3, -0.25) is 0 Å². The van der Waals surface area contributed by atoms with Gasteiger partial charge < -0.3 is 4.74 Å². The summed E-state index contributed by atoms with van der Waals surface area (Å²) in [6.07, 6.45) is 3.23. The van der Waals surface area contributed by atoms with Gasteiger partial charge in [0.25, 0.3) is 0 Å². The third kappa shape index (κ3) is 1.46. The Balaban J connectivity index is 2.46. The van der Waals surface area contributed by atoms with Crippen LogP contribution in [0.4, 0.5) is 0 Å². The molecule has 1 aliphatic rings. The lowest BCUT2D eigenvalue weighted by Crippen LogP contribution is -2.06. The molecule has 1 aliphatic carbocycles. The third-order valence-electron chi connectivity index (χ3n) is 2.62. The average molecular weight is 174 g/mol. The Labute approximate surface area is 79.0 Å². The molecule has 1 heteroatoms. The molecule has 0 fully saturated rings. The summed E-state index contributed by atoms with van der Waals surface area (Å²) in [6, 6.07) is 6.27. The van der Waals surface area contributed by atoms with Gasteiger partial charge in [0.1, 0.15) is 5.75 Å². The molecule has 0 N–H and O–H groups in total. The minimum Gasteiger partial charge on any atom is -0.496 e. The highest BCUT2D eigenvalue weighted by molar-refractivity contribution is 5.44. The van der Waals surface area contributed by atoms with Crippen molar-refractivity contribution in [2.24, 2.45) is 0 Å². The SMILES string of the molecule is C=C1CCc2cccc(OC)c2C1. The van der Waals surface area contributed by atoms with Gasteiger partial charge in [-0.05, 0) is 30.9 Å². The number of allylic oxidation sites excluding steroid dienone is 1. The molecule has 0 saturated carbocycles. The van der Waals surface area contributed by atoms with Crippen molar-refractivity contribution < 1.29 is 4.74 Å². The number of aryl methyl sites for hydroxylation is 1. The van der Waals surface area contributed by atoms with E-state index in [-0.39, 0.29) is 0 Å². The van der Waals surface area contributed by atoms with Crippen molar-refractivity contribution in [1.82, 2.24) is 0 Å². The molecule has 0 bridgehead atoms. The Kier molecular flexibility index (Phi) is 2.09. The van der Waals surface area contributed by atoms with Gasteiger partial charge in [0.05, 0.1) is 7.11 Å². The monoisotopic (exact) mass is 174 g/mol. The minimum atomic E-state index is 0.985. The van der Waals surface area contributed by atoms with Crippen LogP contribution in [0.15, 0.2) is 30.4 Å². The number of ether oxygens (including phenoxy) is 1. The smallest absolute Gasteiger partial charge is 0.122 e. The van der Waals surface area contributed by atoms with Gasteiger partial charge in [-0.25, -0.2) is 0 Å². The molecule has 2 rings (SSSR count). The van der Waals surface area contributed by atoms with Gasteiger partial charge in [-0.2, -0.15) is 0 Å². The van der Waals surface area contributed by atoms with E-state index in [0.29, 0.717) is 0 Å². The molecule has 1 aromatic carbocycles. The van der Waals surface area contributed by atoms with Crippen molar-refractivity contribution in [3.05, 3.63) is 41.5 Å². The molecule has 1 nitrogen and oxygen atoms in total. The van der Waals surface area contributed by atoms with E-state index < -0.39 is 0 Å². The molecule has 0 spiro atoms. The quantitative estimate of drug-likeness (QED) is 0.595. The Bertz CT molecular complexity index is 325. The number of rotatable bonds is 1. The molecule has 0 amide bonds. The molecule has 0 radical (unpaired) electrons. The molecule has 0 saturated heterocycles. The van der Waals surface area contributed by atoms with E-state index in [4.69, 9.17) is 4.74 Å². The maximum Gasteiger partial charge on any atom is 0.122 e. The first-order valence-corrected chi connectivity index (χ1v) is 4.62. The molecule has 68 valence electrons. The van der Waals surface area contributed by atoms with E-state index >= 15 is 0 Å². The molecule has 0 atom stereocenters. The van der Waals surface area contributed by atoms with E-state index in [9.17, 15) is 0 Å². The molecule has 1 aromatic rings. The zero-order chi connectivity index (χ0) is 9.26. The second-order valence-corrected chi connectivity index (χ2v) is 3.52. The Morgan fingerprint density at radius 2 is 2.15 bits per heavy atom. The summed E-state index contributed by atoms with van der Waals surface area (Å²) in [7, 11) is 1.73. The van der Waals surface area contributed by atoms with E-state index in [1.807, 2.05) is 6.07 Å². The topological polar surface area (TPSA) is 9.23 Å². The predicted octanol–water partition coefficient (Wildman–Crippen LogP) is 2.74. The molecule has 0 aromatic heterocycles. The predicted molar refractivity (Wildman–Crippen MR) is 54.2 cm³/mol. The van der Waals surface area contributed by atoms with Crippen LogP contribution < -0.4 is 4.74 Å². The van der Waals surface area contributed by atoms with Crippen molar-refractivity contribution in [3.63, 3.8) is 0 Å². The zero-order valence-corrected chi connectivity index (χ0v) is 7.97. The summed E-state index contributed by atoms with van der Waals surface area (Å²) < 4.78 is 5.32. The Morgan fingerprint density at radius 1 is 1.31 bits per heavy atom. The molecule has 13 heavy (non-hydrogen) atoms. The molecular weight excluding hydrogens is 160 g/mol. The van der Waals surface area contributed by atoms with Crippen molar-refractivity contribution >= 4 is 0 Å². The van der Waals surface area contributed by atoms with Gasteiger partial charge in [0, 0.05) is 5.56 Å². The fraction of sp³-hybridized carbons (Fsp3) is 0.333. The van der Waals surface area contributed by atoms with Crippen LogP contribution in [-0.2, 0) is 12.8 Å². The summed E-state index contributed by atoms with van der Waals surface area (Å²) in [5, 5.41) is 0. The Morgan fingerprint density at radius 3 is 2.92 bits per heavy atom. The number of fused-ring (bicyclic) bond motifs is 1. The highest BCUT2D eigenvalue weighted by Gasteiger charge is 2.14. The summed E-state index contributed by atoms with van der Waals surface area (Å²) in [5.41, 5.74) is 4.07. The third-order valence-corrected chi connectivity index (χ3v) is 2.62. The Hall–Kier alpha value is -1.24. The van der Waals surface area contributed by atoms with Crippen molar-refractivity contribution in [1.29, 1.82) is 0 Å². The molecule has 0 aliphatic heterocycles. The summed E-state index contributed by atoms with van der Waals surface area (Å²) in [4.78, 5) is 0. The van der Waals surface area contributed by atoms with Gasteiger partial charge in [-0.1, -0.05) is 24.3 Å². The second kappa shape index (κ2) is 3.25.